The van der Waals surface area contributed by atoms with E-state index in [2.05, 4.69) is 11.9 Å². The molecule has 106 valence electrons. The molecule has 0 aliphatic rings. The second kappa shape index (κ2) is 6.91. The zero-order valence-electron chi connectivity index (χ0n) is 11.9. The van der Waals surface area contributed by atoms with Crippen molar-refractivity contribution in [2.24, 2.45) is 5.73 Å². The van der Waals surface area contributed by atoms with E-state index in [9.17, 15) is 0 Å². The van der Waals surface area contributed by atoms with Gasteiger partial charge in [-0.2, -0.15) is 0 Å². The summed E-state index contributed by atoms with van der Waals surface area (Å²) in [5, 5.41) is 0. The molecule has 2 N–H and O–H groups in total. The van der Waals surface area contributed by atoms with Gasteiger partial charge in [-0.25, -0.2) is 4.98 Å². The van der Waals surface area contributed by atoms with Crippen LogP contribution in [0, 0.1) is 0 Å². The molecule has 0 saturated carbocycles. The van der Waals surface area contributed by atoms with Crippen LogP contribution in [0.5, 0.6) is 17.4 Å². The van der Waals surface area contributed by atoms with E-state index in [1.54, 1.807) is 6.20 Å². The molecular weight excluding hydrogens is 252 g/mol. The van der Waals surface area contributed by atoms with Crippen LogP contribution in [0.2, 0.25) is 0 Å². The Bertz CT molecular complexity index is 521. The van der Waals surface area contributed by atoms with Gasteiger partial charge in [-0.05, 0) is 43.2 Å². The predicted octanol–water partition coefficient (Wildman–Crippen LogP) is 3.68. The Labute approximate surface area is 119 Å². The zero-order valence-corrected chi connectivity index (χ0v) is 11.9. The standard InChI is InChI=1S/C16H20N2O2/c1-3-10-19-14-5-7-15(8-6-14)20-16-9-4-13(11-18-16)12(2)17/h4-9,11-12H,3,10,17H2,1-2H3/t12-/m1/s1. The number of rotatable bonds is 6. The van der Waals surface area contributed by atoms with Gasteiger partial charge in [-0.3, -0.25) is 0 Å². The van der Waals surface area contributed by atoms with Crippen molar-refractivity contribution in [3.63, 3.8) is 0 Å². The number of hydrogen-bond donors (Lipinski definition) is 1. The van der Waals surface area contributed by atoms with E-state index < -0.39 is 0 Å². The van der Waals surface area contributed by atoms with Crippen molar-refractivity contribution in [1.82, 2.24) is 4.98 Å². The highest BCUT2D eigenvalue weighted by molar-refractivity contribution is 5.34. The summed E-state index contributed by atoms with van der Waals surface area (Å²) in [6.07, 6.45) is 2.73. The first-order valence-corrected chi connectivity index (χ1v) is 6.81. The normalized spacial score (nSPS) is 11.9. The van der Waals surface area contributed by atoms with E-state index in [0.717, 1.165) is 30.1 Å². The van der Waals surface area contributed by atoms with Crippen molar-refractivity contribution in [3.8, 4) is 17.4 Å². The van der Waals surface area contributed by atoms with Gasteiger partial charge in [0.15, 0.2) is 0 Å². The lowest BCUT2D eigenvalue weighted by molar-refractivity contribution is 0.317. The lowest BCUT2D eigenvalue weighted by Gasteiger charge is -2.08. The largest absolute Gasteiger partial charge is 0.494 e. The van der Waals surface area contributed by atoms with Gasteiger partial charge in [0.05, 0.1) is 6.61 Å². The molecule has 0 bridgehead atoms. The first-order chi connectivity index (χ1) is 9.69. The smallest absolute Gasteiger partial charge is 0.219 e. The molecule has 0 aliphatic carbocycles. The van der Waals surface area contributed by atoms with E-state index in [-0.39, 0.29) is 6.04 Å². The molecule has 0 spiro atoms. The number of nitrogens with zero attached hydrogens (tertiary/aromatic N) is 1. The summed E-state index contributed by atoms with van der Waals surface area (Å²) in [6.45, 7) is 4.72. The molecule has 0 saturated heterocycles. The van der Waals surface area contributed by atoms with E-state index >= 15 is 0 Å². The minimum Gasteiger partial charge on any atom is -0.494 e. The Hall–Kier alpha value is -2.07. The Kier molecular flexibility index (Phi) is 4.96. The van der Waals surface area contributed by atoms with Gasteiger partial charge >= 0.3 is 0 Å². The monoisotopic (exact) mass is 272 g/mol. The zero-order chi connectivity index (χ0) is 14.4. The summed E-state index contributed by atoms with van der Waals surface area (Å²) in [7, 11) is 0. The lowest BCUT2D eigenvalue weighted by Crippen LogP contribution is -2.05. The Morgan fingerprint density at radius 3 is 2.35 bits per heavy atom. The van der Waals surface area contributed by atoms with Crippen LogP contribution in [0.3, 0.4) is 0 Å². The second-order valence-electron chi connectivity index (χ2n) is 4.64. The molecule has 0 unspecified atom stereocenters. The van der Waals surface area contributed by atoms with E-state index in [0.29, 0.717) is 5.88 Å². The Morgan fingerprint density at radius 1 is 1.10 bits per heavy atom. The number of hydrogen-bond acceptors (Lipinski definition) is 4. The van der Waals surface area contributed by atoms with Crippen molar-refractivity contribution >= 4 is 0 Å². The quantitative estimate of drug-likeness (QED) is 0.871. The first kappa shape index (κ1) is 14.3. The van der Waals surface area contributed by atoms with E-state index in [1.807, 2.05) is 43.3 Å². The average Bonchev–Trinajstić information content (AvgIpc) is 2.47. The van der Waals surface area contributed by atoms with Crippen LogP contribution >= 0.6 is 0 Å². The van der Waals surface area contributed by atoms with E-state index in [4.69, 9.17) is 15.2 Å². The number of pyridine rings is 1. The number of benzene rings is 1. The van der Waals surface area contributed by atoms with Crippen LogP contribution in [0.15, 0.2) is 42.6 Å². The molecule has 0 aliphatic heterocycles. The fraction of sp³-hybridized carbons (Fsp3) is 0.312. The van der Waals surface area contributed by atoms with Gasteiger partial charge in [0.2, 0.25) is 5.88 Å². The molecule has 2 rings (SSSR count). The Balaban J connectivity index is 1.98. The van der Waals surface area contributed by atoms with Gasteiger partial charge in [0, 0.05) is 18.3 Å². The van der Waals surface area contributed by atoms with Crippen molar-refractivity contribution in [3.05, 3.63) is 48.2 Å². The van der Waals surface area contributed by atoms with Crippen LogP contribution in [-0.2, 0) is 0 Å². The lowest BCUT2D eigenvalue weighted by atomic mass is 10.2. The third kappa shape index (κ3) is 3.96. The van der Waals surface area contributed by atoms with Crippen LogP contribution in [0.1, 0.15) is 31.9 Å². The van der Waals surface area contributed by atoms with Crippen molar-refractivity contribution in [1.29, 1.82) is 0 Å². The molecule has 0 amide bonds. The fourth-order valence-electron chi connectivity index (χ4n) is 1.67. The summed E-state index contributed by atoms with van der Waals surface area (Å²) in [6, 6.07) is 11.2. The molecule has 1 aromatic carbocycles. The summed E-state index contributed by atoms with van der Waals surface area (Å²) < 4.78 is 11.2. The van der Waals surface area contributed by atoms with Gasteiger partial charge in [-0.1, -0.05) is 13.0 Å². The highest BCUT2D eigenvalue weighted by Crippen LogP contribution is 2.23. The maximum absolute atomic E-state index is 5.78. The minimum atomic E-state index is -0.0217. The highest BCUT2D eigenvalue weighted by Gasteiger charge is 2.02. The van der Waals surface area contributed by atoms with Gasteiger partial charge in [-0.15, -0.1) is 0 Å². The predicted molar refractivity (Wildman–Crippen MR) is 79.1 cm³/mol. The average molecular weight is 272 g/mol. The SMILES string of the molecule is CCCOc1ccc(Oc2ccc([C@@H](C)N)cn2)cc1. The maximum Gasteiger partial charge on any atom is 0.219 e. The van der Waals surface area contributed by atoms with Crippen LogP contribution < -0.4 is 15.2 Å². The summed E-state index contributed by atoms with van der Waals surface area (Å²) in [5.41, 5.74) is 6.76. The summed E-state index contributed by atoms with van der Waals surface area (Å²) in [5.74, 6) is 2.13. The molecular formula is C16H20N2O2. The molecule has 2 aromatic rings. The molecule has 0 fully saturated rings. The Morgan fingerprint density at radius 2 is 1.80 bits per heavy atom. The minimum absolute atomic E-state index is 0.0217. The van der Waals surface area contributed by atoms with E-state index in [1.165, 1.54) is 0 Å². The second-order valence-corrected chi connectivity index (χ2v) is 4.64. The van der Waals surface area contributed by atoms with Gasteiger partial charge in [0.1, 0.15) is 11.5 Å². The molecule has 1 heterocycles. The third-order valence-corrected chi connectivity index (χ3v) is 2.80. The summed E-state index contributed by atoms with van der Waals surface area (Å²) >= 11 is 0. The van der Waals surface area contributed by atoms with Crippen LogP contribution in [0.25, 0.3) is 0 Å². The number of aromatic nitrogens is 1. The summed E-state index contributed by atoms with van der Waals surface area (Å²) in [4.78, 5) is 4.23. The molecule has 4 nitrogen and oxygen atoms in total. The molecule has 0 radical (unpaired) electrons. The maximum atomic E-state index is 5.78. The molecule has 4 heteroatoms. The van der Waals surface area contributed by atoms with Crippen LogP contribution in [-0.4, -0.2) is 11.6 Å². The van der Waals surface area contributed by atoms with Crippen molar-refractivity contribution in [2.45, 2.75) is 26.3 Å². The molecule has 1 aromatic heterocycles. The topological polar surface area (TPSA) is 57.4 Å². The number of nitrogens with two attached hydrogens (primary N) is 1. The van der Waals surface area contributed by atoms with Crippen molar-refractivity contribution in [2.75, 3.05) is 6.61 Å². The van der Waals surface area contributed by atoms with Gasteiger partial charge in [0.25, 0.3) is 0 Å². The first-order valence-electron chi connectivity index (χ1n) is 6.81. The van der Waals surface area contributed by atoms with Crippen LogP contribution in [0.4, 0.5) is 0 Å². The molecule has 20 heavy (non-hydrogen) atoms. The van der Waals surface area contributed by atoms with Crippen molar-refractivity contribution < 1.29 is 9.47 Å². The third-order valence-electron chi connectivity index (χ3n) is 2.80. The molecule has 1 atom stereocenters. The fourth-order valence-corrected chi connectivity index (χ4v) is 1.67. The highest BCUT2D eigenvalue weighted by atomic mass is 16.5. The number of ether oxygens (including phenoxy) is 2. The van der Waals surface area contributed by atoms with Gasteiger partial charge < -0.3 is 15.2 Å².